The van der Waals surface area contributed by atoms with E-state index in [9.17, 15) is 0 Å². The van der Waals surface area contributed by atoms with Crippen molar-refractivity contribution in [2.45, 2.75) is 25.7 Å². The van der Waals surface area contributed by atoms with Crippen LogP contribution in [0.15, 0.2) is 101 Å². The van der Waals surface area contributed by atoms with E-state index in [-0.39, 0.29) is 5.92 Å². The molecule has 140 valence electrons. The first kappa shape index (κ1) is 18.1. The first-order valence-electron chi connectivity index (χ1n) is 9.74. The van der Waals surface area contributed by atoms with E-state index < -0.39 is 0 Å². The van der Waals surface area contributed by atoms with Crippen LogP contribution in [0.25, 0.3) is 22.6 Å². The van der Waals surface area contributed by atoms with Crippen molar-refractivity contribution in [3.05, 3.63) is 109 Å². The highest BCUT2D eigenvalue weighted by Crippen LogP contribution is 2.44. The van der Waals surface area contributed by atoms with E-state index in [0.717, 1.165) is 41.2 Å². The Kier molecular flexibility index (Phi) is 5.29. The van der Waals surface area contributed by atoms with Crippen molar-refractivity contribution in [1.29, 1.82) is 0 Å². The van der Waals surface area contributed by atoms with Crippen molar-refractivity contribution in [1.82, 2.24) is 0 Å². The van der Waals surface area contributed by atoms with Gasteiger partial charge in [-0.1, -0.05) is 73.7 Å². The highest BCUT2D eigenvalue weighted by Gasteiger charge is 2.28. The molecule has 0 N–H and O–H groups in total. The second-order valence-corrected chi connectivity index (χ2v) is 6.86. The molecule has 4 rings (SSSR count). The Labute approximate surface area is 166 Å². The number of hydrogen-bond donors (Lipinski definition) is 0. The zero-order valence-electron chi connectivity index (χ0n) is 16.1. The summed E-state index contributed by atoms with van der Waals surface area (Å²) in [5.41, 5.74) is 4.67. The molecule has 0 aliphatic carbocycles. The minimum Gasteiger partial charge on any atom is -0.461 e. The van der Waals surface area contributed by atoms with Crippen LogP contribution in [0.2, 0.25) is 0 Å². The lowest BCUT2D eigenvalue weighted by Crippen LogP contribution is -2.01. The molecular weight excluding hydrogens is 344 g/mol. The van der Waals surface area contributed by atoms with Gasteiger partial charge in [0.25, 0.3) is 0 Å². The highest BCUT2D eigenvalue weighted by molar-refractivity contribution is 5.82. The van der Waals surface area contributed by atoms with Crippen LogP contribution in [0.1, 0.15) is 36.1 Å². The largest absolute Gasteiger partial charge is 0.461 e. The van der Waals surface area contributed by atoms with Gasteiger partial charge in [0, 0.05) is 17.0 Å². The Morgan fingerprint density at radius 3 is 2.25 bits per heavy atom. The molecule has 1 unspecified atom stereocenters. The van der Waals surface area contributed by atoms with Gasteiger partial charge in [-0.15, -0.1) is 6.58 Å². The maximum atomic E-state index is 6.56. The van der Waals surface area contributed by atoms with Gasteiger partial charge in [0.05, 0.1) is 6.26 Å². The van der Waals surface area contributed by atoms with Gasteiger partial charge >= 0.3 is 0 Å². The van der Waals surface area contributed by atoms with Crippen molar-refractivity contribution in [3.63, 3.8) is 0 Å². The molecule has 0 aliphatic rings. The number of furan rings is 2. The van der Waals surface area contributed by atoms with E-state index in [1.54, 1.807) is 6.26 Å². The molecule has 4 aromatic rings. The van der Waals surface area contributed by atoms with Gasteiger partial charge in [-0.3, -0.25) is 0 Å². The Bertz CT molecular complexity index is 1030. The van der Waals surface area contributed by atoms with Gasteiger partial charge < -0.3 is 8.83 Å². The van der Waals surface area contributed by atoms with Crippen LogP contribution in [0, 0.1) is 0 Å². The summed E-state index contributed by atoms with van der Waals surface area (Å²) in [5, 5.41) is 0. The topological polar surface area (TPSA) is 26.3 Å². The van der Waals surface area contributed by atoms with E-state index in [1.165, 1.54) is 11.1 Å². The Morgan fingerprint density at radius 2 is 1.64 bits per heavy atom. The lowest BCUT2D eigenvalue weighted by atomic mass is 9.88. The normalized spacial score (nSPS) is 12.0. The first-order valence-corrected chi connectivity index (χ1v) is 9.74. The van der Waals surface area contributed by atoms with Gasteiger partial charge in [0.1, 0.15) is 5.76 Å². The maximum absolute atomic E-state index is 6.56. The summed E-state index contributed by atoms with van der Waals surface area (Å²) in [6, 6.07) is 24.8. The number of benzene rings is 2. The predicted octanol–water partition coefficient (Wildman–Crippen LogP) is 7.48. The van der Waals surface area contributed by atoms with Crippen molar-refractivity contribution < 1.29 is 8.83 Å². The summed E-state index contributed by atoms with van der Waals surface area (Å²) in [4.78, 5) is 0. The molecular formula is C26H24O2. The van der Waals surface area contributed by atoms with Crippen LogP contribution in [0.3, 0.4) is 0 Å². The lowest BCUT2D eigenvalue weighted by Gasteiger charge is -2.15. The Hall–Kier alpha value is -3.26. The average Bonchev–Trinajstić information content (AvgIpc) is 3.39. The molecule has 2 aromatic carbocycles. The molecule has 0 fully saturated rings. The second kappa shape index (κ2) is 8.18. The molecule has 0 saturated carbocycles. The third-order valence-corrected chi connectivity index (χ3v) is 5.12. The molecule has 2 nitrogen and oxygen atoms in total. The van der Waals surface area contributed by atoms with Gasteiger partial charge in [0.2, 0.25) is 0 Å². The average molecular weight is 368 g/mol. The number of rotatable bonds is 7. The summed E-state index contributed by atoms with van der Waals surface area (Å²) in [5.74, 6) is 2.72. The van der Waals surface area contributed by atoms with Gasteiger partial charge in [-0.05, 0) is 36.1 Å². The van der Waals surface area contributed by atoms with Gasteiger partial charge in [-0.25, -0.2) is 0 Å². The second-order valence-electron chi connectivity index (χ2n) is 6.86. The molecule has 0 spiro atoms. The van der Waals surface area contributed by atoms with Gasteiger partial charge in [-0.2, -0.15) is 0 Å². The predicted molar refractivity (Wildman–Crippen MR) is 114 cm³/mol. The molecule has 1 atom stereocenters. The first-order chi connectivity index (χ1) is 13.8. The Balaban J connectivity index is 1.98. The molecule has 0 aliphatic heterocycles. The van der Waals surface area contributed by atoms with E-state index in [1.807, 2.05) is 30.3 Å². The van der Waals surface area contributed by atoms with Crippen LogP contribution in [-0.4, -0.2) is 0 Å². The standard InChI is InChI=1S/C26H24O2/c1-3-12-22-24(20-15-9-6-10-16-20)26(23-17-11-18-27-23)28-25(22)21(4-2)19-13-7-5-8-14-19/h3,5-11,13-18,21H,1,4,12H2,2H3. The van der Waals surface area contributed by atoms with Crippen molar-refractivity contribution in [2.75, 3.05) is 0 Å². The summed E-state index contributed by atoms with van der Waals surface area (Å²) < 4.78 is 12.3. The minimum atomic E-state index is 0.183. The summed E-state index contributed by atoms with van der Waals surface area (Å²) >= 11 is 0. The van der Waals surface area contributed by atoms with Crippen LogP contribution in [0.4, 0.5) is 0 Å². The molecule has 0 saturated heterocycles. The SMILES string of the molecule is C=CCc1c(C(CC)c2ccccc2)oc(-c2ccco2)c1-c1ccccc1. The fourth-order valence-corrected chi connectivity index (χ4v) is 3.86. The molecule has 28 heavy (non-hydrogen) atoms. The minimum absolute atomic E-state index is 0.183. The molecule has 2 heterocycles. The molecule has 0 radical (unpaired) electrons. The maximum Gasteiger partial charge on any atom is 0.177 e. The zero-order chi connectivity index (χ0) is 19.3. The van der Waals surface area contributed by atoms with Crippen molar-refractivity contribution in [3.8, 4) is 22.6 Å². The molecule has 2 heteroatoms. The fourth-order valence-electron chi connectivity index (χ4n) is 3.86. The lowest BCUT2D eigenvalue weighted by molar-refractivity contribution is 0.468. The highest BCUT2D eigenvalue weighted by atomic mass is 16.4. The van der Waals surface area contributed by atoms with E-state index in [0.29, 0.717) is 0 Å². The Morgan fingerprint density at radius 1 is 0.929 bits per heavy atom. The molecule has 0 bridgehead atoms. The van der Waals surface area contributed by atoms with Crippen LogP contribution in [0.5, 0.6) is 0 Å². The van der Waals surface area contributed by atoms with E-state index in [2.05, 4.69) is 62.0 Å². The van der Waals surface area contributed by atoms with Crippen molar-refractivity contribution in [2.24, 2.45) is 0 Å². The molecule has 0 amide bonds. The third-order valence-electron chi connectivity index (χ3n) is 5.12. The van der Waals surface area contributed by atoms with Crippen LogP contribution < -0.4 is 0 Å². The monoisotopic (exact) mass is 368 g/mol. The summed E-state index contributed by atoms with van der Waals surface area (Å²) in [6.45, 7) is 6.20. The zero-order valence-corrected chi connectivity index (χ0v) is 16.1. The number of hydrogen-bond acceptors (Lipinski definition) is 2. The van der Waals surface area contributed by atoms with E-state index in [4.69, 9.17) is 8.83 Å². The van der Waals surface area contributed by atoms with E-state index >= 15 is 0 Å². The third kappa shape index (κ3) is 3.34. The van der Waals surface area contributed by atoms with Gasteiger partial charge in [0.15, 0.2) is 11.5 Å². The number of allylic oxidation sites excluding steroid dienone is 1. The van der Waals surface area contributed by atoms with Crippen LogP contribution in [-0.2, 0) is 6.42 Å². The quantitative estimate of drug-likeness (QED) is 0.316. The summed E-state index contributed by atoms with van der Waals surface area (Å²) in [6.07, 6.45) is 5.33. The smallest absolute Gasteiger partial charge is 0.177 e. The fraction of sp³-hybridized carbons (Fsp3) is 0.154. The van der Waals surface area contributed by atoms with Crippen LogP contribution >= 0.6 is 0 Å². The molecule has 2 aromatic heterocycles. The summed E-state index contributed by atoms with van der Waals surface area (Å²) in [7, 11) is 0. The van der Waals surface area contributed by atoms with Crippen molar-refractivity contribution >= 4 is 0 Å².